The van der Waals surface area contributed by atoms with Crippen LogP contribution in [0.2, 0.25) is 0 Å². The molecule has 4 nitrogen and oxygen atoms in total. The number of hydrogen-bond donors (Lipinski definition) is 0. The Balaban J connectivity index is 1.47. The summed E-state index contributed by atoms with van der Waals surface area (Å²) in [6, 6.07) is 14.5. The van der Waals surface area contributed by atoms with E-state index in [4.69, 9.17) is 0 Å². The normalized spacial score (nSPS) is 22.6. The Labute approximate surface area is 159 Å². The fourth-order valence-corrected chi connectivity index (χ4v) is 4.97. The van der Waals surface area contributed by atoms with Crippen molar-refractivity contribution in [3.8, 4) is 6.07 Å². The number of rotatable bonds is 1. The van der Waals surface area contributed by atoms with Crippen LogP contribution in [0.25, 0.3) is 0 Å². The Morgan fingerprint density at radius 3 is 2.93 bits per heavy atom. The van der Waals surface area contributed by atoms with Gasteiger partial charge >= 0.3 is 0 Å². The highest BCUT2D eigenvalue weighted by Gasteiger charge is 2.38. The number of aliphatic imine (C=N–C) groups is 1. The average molecular weight is 355 g/mol. The first-order chi connectivity index (χ1) is 13.2. The second kappa shape index (κ2) is 6.35. The zero-order valence-electron chi connectivity index (χ0n) is 15.2. The highest BCUT2D eigenvalue weighted by molar-refractivity contribution is 5.96. The van der Waals surface area contributed by atoms with Gasteiger partial charge in [0.25, 0.3) is 5.91 Å². The van der Waals surface area contributed by atoms with Gasteiger partial charge in [0.15, 0.2) is 0 Å². The Bertz CT molecular complexity index is 1000. The molecule has 1 unspecified atom stereocenters. The molecule has 2 aromatic rings. The van der Waals surface area contributed by atoms with Gasteiger partial charge in [-0.2, -0.15) is 5.26 Å². The summed E-state index contributed by atoms with van der Waals surface area (Å²) in [5.74, 6) is 0.460. The summed E-state index contributed by atoms with van der Waals surface area (Å²) in [7, 11) is 0. The van der Waals surface area contributed by atoms with Crippen LogP contribution in [0.3, 0.4) is 0 Å². The molecule has 2 atom stereocenters. The molecule has 134 valence electrons. The molecule has 0 N–H and O–H groups in total. The SMILES string of the molecule is N#Cc1ccc2c(c1)C1CCCN(C(=O)c3ccc4c(c3)N=CC4)[C@H]1CC2. The lowest BCUT2D eigenvalue weighted by Gasteiger charge is -2.45. The zero-order valence-corrected chi connectivity index (χ0v) is 15.2. The van der Waals surface area contributed by atoms with E-state index in [-0.39, 0.29) is 11.9 Å². The van der Waals surface area contributed by atoms with Gasteiger partial charge in [-0.1, -0.05) is 12.1 Å². The zero-order chi connectivity index (χ0) is 18.4. The number of nitriles is 1. The van der Waals surface area contributed by atoms with Crippen molar-refractivity contribution in [2.75, 3.05) is 6.54 Å². The summed E-state index contributed by atoms with van der Waals surface area (Å²) in [5, 5.41) is 9.27. The molecule has 0 spiro atoms. The first-order valence-corrected chi connectivity index (χ1v) is 9.74. The topological polar surface area (TPSA) is 56.5 Å². The number of likely N-dealkylation sites (tertiary alicyclic amines) is 1. The van der Waals surface area contributed by atoms with Crippen molar-refractivity contribution < 1.29 is 4.79 Å². The van der Waals surface area contributed by atoms with Crippen molar-refractivity contribution in [3.05, 3.63) is 64.2 Å². The maximum absolute atomic E-state index is 13.3. The molecule has 3 aliphatic rings. The molecule has 0 radical (unpaired) electrons. The predicted molar refractivity (Wildman–Crippen MR) is 105 cm³/mol. The second-order valence-electron chi connectivity index (χ2n) is 7.74. The van der Waals surface area contributed by atoms with Gasteiger partial charge in [0.1, 0.15) is 0 Å². The monoisotopic (exact) mass is 355 g/mol. The number of carbonyl (C=O) groups is 1. The predicted octanol–water partition coefficient (Wildman–Crippen LogP) is 4.15. The van der Waals surface area contributed by atoms with Gasteiger partial charge in [0.05, 0.1) is 17.3 Å². The largest absolute Gasteiger partial charge is 0.335 e. The van der Waals surface area contributed by atoms with E-state index >= 15 is 0 Å². The molecule has 0 aromatic heterocycles. The lowest BCUT2D eigenvalue weighted by Crippen LogP contribution is -2.49. The number of aryl methyl sites for hydroxylation is 1. The number of benzene rings is 2. The molecule has 5 rings (SSSR count). The minimum Gasteiger partial charge on any atom is -0.335 e. The van der Waals surface area contributed by atoms with Crippen LogP contribution in [0.4, 0.5) is 5.69 Å². The van der Waals surface area contributed by atoms with E-state index in [1.807, 2.05) is 36.5 Å². The van der Waals surface area contributed by atoms with E-state index in [9.17, 15) is 10.1 Å². The van der Waals surface area contributed by atoms with E-state index < -0.39 is 0 Å². The summed E-state index contributed by atoms with van der Waals surface area (Å²) in [6.07, 6.45) is 6.83. The molecule has 1 aliphatic carbocycles. The number of fused-ring (bicyclic) bond motifs is 4. The van der Waals surface area contributed by atoms with E-state index in [0.717, 1.165) is 49.9 Å². The fraction of sp³-hybridized carbons (Fsp3) is 0.348. The van der Waals surface area contributed by atoms with Crippen LogP contribution in [0.15, 0.2) is 41.4 Å². The summed E-state index contributed by atoms with van der Waals surface area (Å²) >= 11 is 0. The third kappa shape index (κ3) is 2.66. The minimum absolute atomic E-state index is 0.120. The van der Waals surface area contributed by atoms with Crippen molar-refractivity contribution in [2.24, 2.45) is 4.99 Å². The van der Waals surface area contributed by atoms with Gasteiger partial charge in [-0.25, -0.2) is 0 Å². The first kappa shape index (κ1) is 16.3. The maximum atomic E-state index is 13.3. The number of piperidine rings is 1. The van der Waals surface area contributed by atoms with Crippen molar-refractivity contribution in [3.63, 3.8) is 0 Å². The lowest BCUT2D eigenvalue weighted by molar-refractivity contribution is 0.0547. The summed E-state index contributed by atoms with van der Waals surface area (Å²) in [5.41, 5.74) is 6.21. The highest BCUT2D eigenvalue weighted by Crippen LogP contribution is 2.41. The standard InChI is InChI=1S/C23H21N3O/c24-14-15-3-4-16-7-8-22-19(20(16)12-15)2-1-11-26(22)23(27)18-6-5-17-9-10-25-21(17)13-18/h3-6,10,12-13,19,22H,1-2,7-9,11H2/t19?,22-/m0/s1. The molecule has 4 heteroatoms. The number of nitrogens with zero attached hydrogens (tertiary/aromatic N) is 3. The van der Waals surface area contributed by atoms with Crippen LogP contribution in [0.1, 0.15) is 57.8 Å². The van der Waals surface area contributed by atoms with Gasteiger partial charge in [-0.15, -0.1) is 0 Å². The third-order valence-electron chi connectivity index (χ3n) is 6.30. The lowest BCUT2D eigenvalue weighted by atomic mass is 9.73. The molecule has 27 heavy (non-hydrogen) atoms. The van der Waals surface area contributed by atoms with Gasteiger partial charge in [0, 0.05) is 36.7 Å². The van der Waals surface area contributed by atoms with E-state index in [1.54, 1.807) is 0 Å². The average Bonchev–Trinajstić information content (AvgIpc) is 3.20. The molecule has 0 bridgehead atoms. The number of hydrogen-bond acceptors (Lipinski definition) is 3. The van der Waals surface area contributed by atoms with Gasteiger partial charge in [0.2, 0.25) is 0 Å². The Morgan fingerprint density at radius 1 is 1.15 bits per heavy atom. The van der Waals surface area contributed by atoms with Crippen molar-refractivity contribution in [2.45, 2.75) is 44.1 Å². The first-order valence-electron chi connectivity index (χ1n) is 9.74. The van der Waals surface area contributed by atoms with Gasteiger partial charge < -0.3 is 4.90 Å². The van der Waals surface area contributed by atoms with Crippen molar-refractivity contribution in [1.29, 1.82) is 5.26 Å². The summed E-state index contributed by atoms with van der Waals surface area (Å²) < 4.78 is 0. The van der Waals surface area contributed by atoms with Crippen LogP contribution in [0, 0.1) is 11.3 Å². The molecule has 1 saturated heterocycles. The molecule has 1 amide bonds. The third-order valence-corrected chi connectivity index (χ3v) is 6.30. The van der Waals surface area contributed by atoms with Crippen LogP contribution in [-0.2, 0) is 12.8 Å². The molecular weight excluding hydrogens is 334 g/mol. The second-order valence-corrected chi connectivity index (χ2v) is 7.74. The van der Waals surface area contributed by atoms with Crippen molar-refractivity contribution in [1.82, 2.24) is 4.90 Å². The Kier molecular flexibility index (Phi) is 3.82. The van der Waals surface area contributed by atoms with Crippen LogP contribution < -0.4 is 0 Å². The minimum atomic E-state index is 0.120. The van der Waals surface area contributed by atoms with Crippen molar-refractivity contribution >= 4 is 17.8 Å². The quantitative estimate of drug-likeness (QED) is 0.771. The van der Waals surface area contributed by atoms with Gasteiger partial charge in [-0.3, -0.25) is 9.79 Å². The number of amides is 1. The van der Waals surface area contributed by atoms with Crippen LogP contribution >= 0.6 is 0 Å². The van der Waals surface area contributed by atoms with E-state index in [0.29, 0.717) is 11.5 Å². The maximum Gasteiger partial charge on any atom is 0.254 e. The van der Waals surface area contributed by atoms with Gasteiger partial charge in [-0.05, 0) is 66.6 Å². The van der Waals surface area contributed by atoms with E-state index in [1.165, 1.54) is 16.7 Å². The number of carbonyl (C=O) groups excluding carboxylic acids is 1. The molecule has 1 fully saturated rings. The highest BCUT2D eigenvalue weighted by atomic mass is 16.2. The van der Waals surface area contributed by atoms with E-state index in [2.05, 4.69) is 22.0 Å². The Hall–Kier alpha value is -2.93. The smallest absolute Gasteiger partial charge is 0.254 e. The Morgan fingerprint density at radius 2 is 2.04 bits per heavy atom. The van der Waals surface area contributed by atoms with Crippen LogP contribution in [0.5, 0.6) is 0 Å². The molecule has 2 aliphatic heterocycles. The molecule has 2 aromatic carbocycles. The molecule has 0 saturated carbocycles. The summed E-state index contributed by atoms with van der Waals surface area (Å²) in [4.78, 5) is 19.8. The summed E-state index contributed by atoms with van der Waals surface area (Å²) in [6.45, 7) is 0.813. The molecule has 2 heterocycles. The molecular formula is C23H21N3O. The van der Waals surface area contributed by atoms with Crippen LogP contribution in [-0.4, -0.2) is 29.6 Å². The fourth-order valence-electron chi connectivity index (χ4n) is 4.97.